The normalized spacial score (nSPS) is 12.2. The Labute approximate surface area is 100 Å². The van der Waals surface area contributed by atoms with Crippen LogP contribution in [0.5, 0.6) is 0 Å². The lowest BCUT2D eigenvalue weighted by Gasteiger charge is -2.19. The number of aryl methyl sites for hydroxylation is 1. The van der Waals surface area contributed by atoms with Gasteiger partial charge >= 0.3 is 6.18 Å². The first-order valence-electron chi connectivity index (χ1n) is 5.77. The first kappa shape index (κ1) is 14.0. The highest BCUT2D eigenvalue weighted by Gasteiger charge is 2.30. The maximum absolute atomic E-state index is 12.6. The van der Waals surface area contributed by atoms with Crippen LogP contribution < -0.4 is 0 Å². The second-order valence-electron chi connectivity index (χ2n) is 4.17. The van der Waals surface area contributed by atoms with Gasteiger partial charge in [0, 0.05) is 6.54 Å². The van der Waals surface area contributed by atoms with Crippen LogP contribution in [0.15, 0.2) is 18.2 Å². The van der Waals surface area contributed by atoms with E-state index in [2.05, 4.69) is 4.90 Å². The van der Waals surface area contributed by atoms with E-state index in [9.17, 15) is 13.2 Å². The Morgan fingerprint density at radius 1 is 1.06 bits per heavy atom. The molecular formula is C13H18F3N. The van der Waals surface area contributed by atoms with Crippen molar-refractivity contribution in [2.75, 3.05) is 13.1 Å². The van der Waals surface area contributed by atoms with Gasteiger partial charge in [0.25, 0.3) is 0 Å². The molecule has 0 bridgehead atoms. The van der Waals surface area contributed by atoms with Gasteiger partial charge in [-0.15, -0.1) is 0 Å². The Kier molecular flexibility index (Phi) is 4.57. The van der Waals surface area contributed by atoms with E-state index < -0.39 is 11.7 Å². The fourth-order valence-electron chi connectivity index (χ4n) is 1.82. The predicted molar refractivity (Wildman–Crippen MR) is 62.8 cm³/mol. The number of benzene rings is 1. The highest BCUT2D eigenvalue weighted by Crippen LogP contribution is 2.30. The summed E-state index contributed by atoms with van der Waals surface area (Å²) in [5, 5.41) is 0. The SMILES string of the molecule is CCN(CC)Cc1cc(C)cc(C(F)(F)F)c1. The molecule has 1 aromatic carbocycles. The molecule has 0 aliphatic carbocycles. The van der Waals surface area contributed by atoms with Crippen molar-refractivity contribution in [3.05, 3.63) is 34.9 Å². The number of hydrogen-bond donors (Lipinski definition) is 0. The molecule has 0 radical (unpaired) electrons. The summed E-state index contributed by atoms with van der Waals surface area (Å²) < 4.78 is 37.9. The lowest BCUT2D eigenvalue weighted by Crippen LogP contribution is -2.22. The minimum atomic E-state index is -4.26. The third kappa shape index (κ3) is 4.04. The van der Waals surface area contributed by atoms with Crippen LogP contribution in [0, 0.1) is 6.92 Å². The second-order valence-corrected chi connectivity index (χ2v) is 4.17. The standard InChI is InChI=1S/C13H18F3N/c1-4-17(5-2)9-11-6-10(3)7-12(8-11)13(14,15)16/h6-8H,4-5,9H2,1-3H3. The molecule has 0 saturated heterocycles. The molecule has 0 spiro atoms. The molecule has 0 atom stereocenters. The largest absolute Gasteiger partial charge is 0.416 e. The van der Waals surface area contributed by atoms with Crippen molar-refractivity contribution in [3.63, 3.8) is 0 Å². The molecule has 0 heterocycles. The average Bonchev–Trinajstić information content (AvgIpc) is 2.24. The van der Waals surface area contributed by atoms with E-state index >= 15 is 0 Å². The van der Waals surface area contributed by atoms with E-state index in [1.807, 2.05) is 19.9 Å². The Bertz CT molecular complexity index is 367. The molecule has 0 aliphatic heterocycles. The van der Waals surface area contributed by atoms with Crippen molar-refractivity contribution in [1.29, 1.82) is 0 Å². The quantitative estimate of drug-likeness (QED) is 0.778. The molecule has 96 valence electrons. The Morgan fingerprint density at radius 2 is 1.65 bits per heavy atom. The number of rotatable bonds is 4. The fraction of sp³-hybridized carbons (Fsp3) is 0.538. The van der Waals surface area contributed by atoms with E-state index in [4.69, 9.17) is 0 Å². The van der Waals surface area contributed by atoms with Crippen molar-refractivity contribution in [1.82, 2.24) is 4.90 Å². The average molecular weight is 245 g/mol. The number of halogens is 3. The molecule has 0 amide bonds. The van der Waals surface area contributed by atoms with E-state index in [0.29, 0.717) is 12.1 Å². The summed E-state index contributed by atoms with van der Waals surface area (Å²) in [5.74, 6) is 0. The highest BCUT2D eigenvalue weighted by molar-refractivity contribution is 5.31. The van der Waals surface area contributed by atoms with Gasteiger partial charge in [-0.25, -0.2) is 0 Å². The maximum Gasteiger partial charge on any atom is 0.416 e. The number of alkyl halides is 3. The number of nitrogens with zero attached hydrogens (tertiary/aromatic N) is 1. The van der Waals surface area contributed by atoms with E-state index in [0.717, 1.165) is 18.7 Å². The van der Waals surface area contributed by atoms with E-state index in [1.54, 1.807) is 6.92 Å². The lowest BCUT2D eigenvalue weighted by molar-refractivity contribution is -0.137. The molecule has 0 aromatic heterocycles. The summed E-state index contributed by atoms with van der Waals surface area (Å²) in [6.45, 7) is 7.95. The molecule has 0 aliphatic rings. The van der Waals surface area contributed by atoms with Gasteiger partial charge in [0.2, 0.25) is 0 Å². The summed E-state index contributed by atoms with van der Waals surface area (Å²) in [6.07, 6.45) is -4.26. The van der Waals surface area contributed by atoms with Gasteiger partial charge in [0.05, 0.1) is 5.56 Å². The first-order valence-corrected chi connectivity index (χ1v) is 5.77. The maximum atomic E-state index is 12.6. The monoisotopic (exact) mass is 245 g/mol. The zero-order valence-corrected chi connectivity index (χ0v) is 10.4. The van der Waals surface area contributed by atoms with Crippen LogP contribution in [0.2, 0.25) is 0 Å². The van der Waals surface area contributed by atoms with Gasteiger partial charge in [-0.2, -0.15) is 13.2 Å². The van der Waals surface area contributed by atoms with Gasteiger partial charge in [-0.3, -0.25) is 4.90 Å². The molecular weight excluding hydrogens is 227 g/mol. The number of hydrogen-bond acceptors (Lipinski definition) is 1. The zero-order valence-electron chi connectivity index (χ0n) is 10.4. The van der Waals surface area contributed by atoms with Crippen LogP contribution in [0.25, 0.3) is 0 Å². The van der Waals surface area contributed by atoms with Gasteiger partial charge in [0.1, 0.15) is 0 Å². The van der Waals surface area contributed by atoms with Crippen molar-refractivity contribution in [2.45, 2.75) is 33.5 Å². The zero-order chi connectivity index (χ0) is 13.1. The summed E-state index contributed by atoms with van der Waals surface area (Å²) in [5.41, 5.74) is 0.822. The molecule has 1 nitrogen and oxygen atoms in total. The van der Waals surface area contributed by atoms with Crippen LogP contribution >= 0.6 is 0 Å². The fourth-order valence-corrected chi connectivity index (χ4v) is 1.82. The molecule has 17 heavy (non-hydrogen) atoms. The Hall–Kier alpha value is -1.03. The topological polar surface area (TPSA) is 3.24 Å². The summed E-state index contributed by atoms with van der Waals surface area (Å²) in [7, 11) is 0. The minimum absolute atomic E-state index is 0.556. The Balaban J connectivity index is 2.97. The predicted octanol–water partition coefficient (Wildman–Crippen LogP) is 3.86. The third-order valence-corrected chi connectivity index (χ3v) is 2.77. The van der Waals surface area contributed by atoms with Crippen molar-refractivity contribution in [3.8, 4) is 0 Å². The summed E-state index contributed by atoms with van der Waals surface area (Å²) >= 11 is 0. The van der Waals surface area contributed by atoms with Crippen LogP contribution in [0.3, 0.4) is 0 Å². The Morgan fingerprint density at radius 3 is 2.12 bits per heavy atom. The minimum Gasteiger partial charge on any atom is -0.300 e. The molecule has 0 N–H and O–H groups in total. The summed E-state index contributed by atoms with van der Waals surface area (Å²) in [4.78, 5) is 2.09. The molecule has 0 saturated carbocycles. The van der Waals surface area contributed by atoms with Gasteiger partial charge in [0.15, 0.2) is 0 Å². The molecule has 1 aromatic rings. The van der Waals surface area contributed by atoms with Crippen LogP contribution in [-0.4, -0.2) is 18.0 Å². The van der Waals surface area contributed by atoms with E-state index in [-0.39, 0.29) is 0 Å². The third-order valence-electron chi connectivity index (χ3n) is 2.77. The van der Waals surface area contributed by atoms with Crippen LogP contribution in [-0.2, 0) is 12.7 Å². The van der Waals surface area contributed by atoms with Crippen molar-refractivity contribution < 1.29 is 13.2 Å². The molecule has 4 heteroatoms. The van der Waals surface area contributed by atoms with Gasteiger partial charge in [-0.05, 0) is 37.7 Å². The van der Waals surface area contributed by atoms with E-state index in [1.165, 1.54) is 12.1 Å². The molecule has 0 fully saturated rings. The van der Waals surface area contributed by atoms with Gasteiger partial charge in [-0.1, -0.05) is 25.5 Å². The van der Waals surface area contributed by atoms with Crippen molar-refractivity contribution in [2.24, 2.45) is 0 Å². The first-order chi connectivity index (χ1) is 7.86. The lowest BCUT2D eigenvalue weighted by atomic mass is 10.1. The second kappa shape index (κ2) is 5.54. The van der Waals surface area contributed by atoms with Crippen LogP contribution in [0.1, 0.15) is 30.5 Å². The van der Waals surface area contributed by atoms with Crippen LogP contribution in [0.4, 0.5) is 13.2 Å². The van der Waals surface area contributed by atoms with Crippen molar-refractivity contribution >= 4 is 0 Å². The smallest absolute Gasteiger partial charge is 0.300 e. The highest BCUT2D eigenvalue weighted by atomic mass is 19.4. The van der Waals surface area contributed by atoms with Gasteiger partial charge < -0.3 is 0 Å². The summed E-state index contributed by atoms with van der Waals surface area (Å²) in [6, 6.07) is 4.24. The molecule has 1 rings (SSSR count). The molecule has 0 unspecified atom stereocenters.